The Morgan fingerprint density at radius 3 is 2.50 bits per heavy atom. The standard InChI is InChI=1S/C18H23NO3/c1-12(2)9-10-18(17(22)19(3)4)14-8-6-5-7-13(14)15(20)11-16(18)21/h5-8,11-12,20H,9-10H2,1-4H3. The summed E-state index contributed by atoms with van der Waals surface area (Å²) in [6, 6.07) is 7.13. The van der Waals surface area contributed by atoms with E-state index < -0.39 is 5.41 Å². The lowest BCUT2D eigenvalue weighted by molar-refractivity contribution is -0.141. The molecule has 1 N–H and O–H groups in total. The minimum atomic E-state index is -1.23. The first-order valence-electron chi connectivity index (χ1n) is 7.57. The fourth-order valence-corrected chi connectivity index (χ4v) is 3.01. The van der Waals surface area contributed by atoms with Crippen LogP contribution in [0.5, 0.6) is 0 Å². The van der Waals surface area contributed by atoms with Crippen LogP contribution in [0.1, 0.15) is 37.8 Å². The maximum absolute atomic E-state index is 12.9. The van der Waals surface area contributed by atoms with Gasteiger partial charge < -0.3 is 10.0 Å². The number of allylic oxidation sites excluding steroid dienone is 1. The number of aliphatic hydroxyl groups excluding tert-OH is 1. The van der Waals surface area contributed by atoms with E-state index in [0.29, 0.717) is 23.5 Å². The Morgan fingerprint density at radius 1 is 1.27 bits per heavy atom. The van der Waals surface area contributed by atoms with Crippen molar-refractivity contribution in [2.45, 2.75) is 32.1 Å². The second-order valence-corrected chi connectivity index (χ2v) is 6.48. The normalized spacial score (nSPS) is 20.6. The molecule has 1 unspecified atom stereocenters. The monoisotopic (exact) mass is 301 g/mol. The SMILES string of the molecule is CC(C)CCC1(C(=O)N(C)C)C(=O)C=C(O)c2ccccc21. The zero-order valence-corrected chi connectivity index (χ0v) is 13.6. The maximum Gasteiger partial charge on any atom is 0.240 e. The first-order valence-corrected chi connectivity index (χ1v) is 7.57. The summed E-state index contributed by atoms with van der Waals surface area (Å²) in [5, 5.41) is 10.1. The largest absolute Gasteiger partial charge is 0.507 e. The number of amides is 1. The van der Waals surface area contributed by atoms with Crippen molar-refractivity contribution < 1.29 is 14.7 Å². The van der Waals surface area contributed by atoms with Crippen molar-refractivity contribution in [2.24, 2.45) is 5.92 Å². The summed E-state index contributed by atoms with van der Waals surface area (Å²) in [5.74, 6) is -0.240. The molecule has 0 heterocycles. The van der Waals surface area contributed by atoms with E-state index in [1.54, 1.807) is 38.4 Å². The van der Waals surface area contributed by atoms with Crippen LogP contribution >= 0.6 is 0 Å². The molecule has 118 valence electrons. The topological polar surface area (TPSA) is 57.6 Å². The van der Waals surface area contributed by atoms with Crippen LogP contribution in [0.4, 0.5) is 0 Å². The van der Waals surface area contributed by atoms with Crippen molar-refractivity contribution in [1.82, 2.24) is 4.90 Å². The summed E-state index contributed by atoms with van der Waals surface area (Å²) in [6.07, 6.45) is 2.40. The highest BCUT2D eigenvalue weighted by Gasteiger charge is 2.50. The van der Waals surface area contributed by atoms with Gasteiger partial charge in [-0.1, -0.05) is 38.1 Å². The van der Waals surface area contributed by atoms with Gasteiger partial charge in [0.2, 0.25) is 5.91 Å². The molecule has 1 aromatic carbocycles. The fraction of sp³-hybridized carbons (Fsp3) is 0.444. The minimum Gasteiger partial charge on any atom is -0.507 e. The molecule has 2 rings (SSSR count). The molecule has 0 radical (unpaired) electrons. The van der Waals surface area contributed by atoms with Crippen molar-refractivity contribution >= 4 is 17.4 Å². The predicted octanol–water partition coefficient (Wildman–Crippen LogP) is 2.93. The Kier molecular flexibility index (Phi) is 4.40. The second-order valence-electron chi connectivity index (χ2n) is 6.48. The molecule has 1 atom stereocenters. The van der Waals surface area contributed by atoms with Crippen molar-refractivity contribution in [1.29, 1.82) is 0 Å². The number of aliphatic hydroxyl groups is 1. The van der Waals surface area contributed by atoms with Crippen LogP contribution in [0.25, 0.3) is 5.76 Å². The van der Waals surface area contributed by atoms with Crippen molar-refractivity contribution in [2.75, 3.05) is 14.1 Å². The minimum absolute atomic E-state index is 0.0627. The summed E-state index contributed by atoms with van der Waals surface area (Å²) in [7, 11) is 3.32. The highest BCUT2D eigenvalue weighted by molar-refractivity contribution is 6.20. The molecule has 0 aliphatic heterocycles. The van der Waals surface area contributed by atoms with Crippen LogP contribution in [0.3, 0.4) is 0 Å². The van der Waals surface area contributed by atoms with Gasteiger partial charge in [-0.25, -0.2) is 0 Å². The molecule has 0 bridgehead atoms. The molecular weight excluding hydrogens is 278 g/mol. The predicted molar refractivity (Wildman–Crippen MR) is 86.5 cm³/mol. The Labute approximate surface area is 131 Å². The number of carbonyl (C=O) groups is 2. The molecule has 0 spiro atoms. The quantitative estimate of drug-likeness (QED) is 0.870. The summed E-state index contributed by atoms with van der Waals surface area (Å²) in [6.45, 7) is 4.14. The third kappa shape index (κ3) is 2.54. The average Bonchev–Trinajstić information content (AvgIpc) is 2.46. The highest BCUT2D eigenvalue weighted by Crippen LogP contribution is 2.41. The van der Waals surface area contributed by atoms with Crippen LogP contribution in [0, 0.1) is 5.92 Å². The first-order chi connectivity index (χ1) is 10.3. The van der Waals surface area contributed by atoms with Crippen molar-refractivity contribution in [3.05, 3.63) is 41.5 Å². The molecule has 0 saturated carbocycles. The molecule has 4 nitrogen and oxygen atoms in total. The molecular formula is C18H23NO3. The number of fused-ring (bicyclic) bond motifs is 1. The van der Waals surface area contributed by atoms with Crippen LogP contribution < -0.4 is 0 Å². The zero-order chi connectivity index (χ0) is 16.5. The van der Waals surface area contributed by atoms with Crippen LogP contribution in [0.15, 0.2) is 30.3 Å². The molecule has 1 aliphatic rings. The van der Waals surface area contributed by atoms with E-state index >= 15 is 0 Å². The van der Waals surface area contributed by atoms with Crippen LogP contribution in [-0.2, 0) is 15.0 Å². The van der Waals surface area contributed by atoms with Crippen LogP contribution in [0.2, 0.25) is 0 Å². The number of carbonyl (C=O) groups excluding carboxylic acids is 2. The number of ketones is 1. The van der Waals surface area contributed by atoms with Crippen molar-refractivity contribution in [3.63, 3.8) is 0 Å². The van der Waals surface area contributed by atoms with Gasteiger partial charge in [0.25, 0.3) is 0 Å². The lowest BCUT2D eigenvalue weighted by Crippen LogP contribution is -2.51. The summed E-state index contributed by atoms with van der Waals surface area (Å²) < 4.78 is 0. The second kappa shape index (κ2) is 5.95. The number of nitrogens with zero attached hydrogens (tertiary/aromatic N) is 1. The number of rotatable bonds is 4. The summed E-state index contributed by atoms with van der Waals surface area (Å²) >= 11 is 0. The van der Waals surface area contributed by atoms with Gasteiger partial charge in [-0.15, -0.1) is 0 Å². The van der Waals surface area contributed by atoms with E-state index in [1.165, 1.54) is 11.0 Å². The Bertz CT molecular complexity index is 631. The van der Waals surface area contributed by atoms with E-state index in [0.717, 1.165) is 6.42 Å². The molecule has 4 heteroatoms. The smallest absolute Gasteiger partial charge is 0.240 e. The third-order valence-corrected chi connectivity index (χ3v) is 4.22. The molecule has 1 aromatic rings. The molecule has 0 saturated heterocycles. The molecule has 22 heavy (non-hydrogen) atoms. The summed E-state index contributed by atoms with van der Waals surface area (Å²) in [5.41, 5.74) is -0.0447. The molecule has 0 aromatic heterocycles. The number of hydrogen-bond acceptors (Lipinski definition) is 3. The van der Waals surface area contributed by atoms with E-state index in [2.05, 4.69) is 13.8 Å². The van der Waals surface area contributed by atoms with Gasteiger partial charge in [-0.05, 0) is 24.3 Å². The van der Waals surface area contributed by atoms with Gasteiger partial charge in [-0.2, -0.15) is 0 Å². The van der Waals surface area contributed by atoms with E-state index in [4.69, 9.17) is 0 Å². The van der Waals surface area contributed by atoms with Gasteiger partial charge >= 0.3 is 0 Å². The van der Waals surface area contributed by atoms with Crippen LogP contribution in [-0.4, -0.2) is 35.8 Å². The van der Waals surface area contributed by atoms with Gasteiger partial charge in [0, 0.05) is 25.7 Å². The third-order valence-electron chi connectivity index (χ3n) is 4.22. The highest BCUT2D eigenvalue weighted by atomic mass is 16.3. The van der Waals surface area contributed by atoms with Crippen molar-refractivity contribution in [3.8, 4) is 0 Å². The van der Waals surface area contributed by atoms with E-state index in [1.807, 2.05) is 0 Å². The number of hydrogen-bond donors (Lipinski definition) is 1. The van der Waals surface area contributed by atoms with Gasteiger partial charge in [0.05, 0.1) is 0 Å². The van der Waals surface area contributed by atoms with E-state index in [9.17, 15) is 14.7 Å². The number of benzene rings is 1. The van der Waals surface area contributed by atoms with E-state index in [-0.39, 0.29) is 17.4 Å². The average molecular weight is 301 g/mol. The van der Waals surface area contributed by atoms with Gasteiger partial charge in [0.1, 0.15) is 11.2 Å². The summed E-state index contributed by atoms with van der Waals surface area (Å²) in [4.78, 5) is 27.1. The Balaban J connectivity index is 2.66. The first kappa shape index (κ1) is 16.3. The molecule has 1 aliphatic carbocycles. The van der Waals surface area contributed by atoms with Gasteiger partial charge in [0.15, 0.2) is 5.78 Å². The molecule has 0 fully saturated rings. The van der Waals surface area contributed by atoms with Gasteiger partial charge in [-0.3, -0.25) is 9.59 Å². The fourth-order valence-electron chi connectivity index (χ4n) is 3.01. The maximum atomic E-state index is 12.9. The lowest BCUT2D eigenvalue weighted by Gasteiger charge is -2.37. The molecule has 1 amide bonds. The Hall–Kier alpha value is -2.10. The number of likely N-dealkylation sites (N-methyl/N-ethyl adjacent to an activating group) is 1. The lowest BCUT2D eigenvalue weighted by atomic mass is 9.67. The zero-order valence-electron chi connectivity index (χ0n) is 13.6. The Morgan fingerprint density at radius 2 is 1.91 bits per heavy atom.